The number of esters is 2. The minimum Gasteiger partial charge on any atom is -0.469 e. The van der Waals surface area contributed by atoms with E-state index < -0.39 is 16.9 Å². The van der Waals surface area contributed by atoms with Crippen LogP contribution in [0.4, 0.5) is 0 Å². The molecule has 0 aliphatic carbocycles. The molecule has 0 amide bonds. The number of hydrogen-bond acceptors (Lipinski definition) is 16. The second-order valence-electron chi connectivity index (χ2n) is 9.81. The highest BCUT2D eigenvalue weighted by atomic mass is 32.2. The minimum absolute atomic E-state index is 0.207. The molecule has 17 heteroatoms. The second-order valence-corrected chi connectivity index (χ2v) is 11.9. The molecule has 6 rings (SSSR count). The standard InChI is InChI=1S/C13H16N2O6S.C13H16N2O5S/c1-7(16)20-8-5-18-12-9(6-19-11(8)12)21-10-3-4-14-13(15-10)22(2)17;1-7(16)19-8-5-17-12-9(6-18-11(8)12)20-10-3-4-14-13(15-10)21-2/h3-4,8-9,11-12H,5-6H2,1-2H3;3-4,8-9,11-12H,5-6H2,1-2H3/t8-,9?,11+,12+,22?;8-,9?,11+,12+/m00/s1. The lowest BCUT2D eigenvalue weighted by atomic mass is 10.1. The smallest absolute Gasteiger partial charge is 0.303 e. The van der Waals surface area contributed by atoms with Crippen molar-refractivity contribution in [2.45, 2.75) is 73.0 Å². The Bertz CT molecular complexity index is 1320. The Morgan fingerprint density at radius 1 is 0.767 bits per heavy atom. The second kappa shape index (κ2) is 14.2. The molecule has 2 aromatic heterocycles. The molecular weight excluding hydrogens is 608 g/mol. The van der Waals surface area contributed by atoms with Gasteiger partial charge in [-0.2, -0.15) is 9.97 Å². The van der Waals surface area contributed by atoms with Crippen molar-refractivity contribution >= 4 is 34.5 Å². The van der Waals surface area contributed by atoms with Gasteiger partial charge in [-0.15, -0.1) is 0 Å². The van der Waals surface area contributed by atoms with Crippen LogP contribution in [0.1, 0.15) is 13.8 Å². The molecule has 0 bridgehead atoms. The van der Waals surface area contributed by atoms with E-state index in [1.54, 1.807) is 18.3 Å². The Balaban J connectivity index is 0.000000171. The lowest BCUT2D eigenvalue weighted by molar-refractivity contribution is -0.151. The molecule has 0 spiro atoms. The molecule has 6 heterocycles. The van der Waals surface area contributed by atoms with Crippen LogP contribution in [0.15, 0.2) is 34.8 Å². The highest BCUT2D eigenvalue weighted by molar-refractivity contribution is 7.98. The van der Waals surface area contributed by atoms with E-state index in [0.29, 0.717) is 36.7 Å². The van der Waals surface area contributed by atoms with Crippen LogP contribution in [0, 0.1) is 0 Å². The van der Waals surface area contributed by atoms with Crippen molar-refractivity contribution in [1.82, 2.24) is 19.9 Å². The quantitative estimate of drug-likeness (QED) is 0.219. The average molecular weight is 641 g/mol. The molecule has 234 valence electrons. The zero-order valence-electron chi connectivity index (χ0n) is 23.9. The fourth-order valence-corrected chi connectivity index (χ4v) is 5.79. The predicted octanol–water partition coefficient (Wildman–Crippen LogP) is 0.366. The maximum atomic E-state index is 11.4. The Labute approximate surface area is 254 Å². The van der Waals surface area contributed by atoms with E-state index in [2.05, 4.69) is 19.9 Å². The predicted molar refractivity (Wildman–Crippen MR) is 147 cm³/mol. The van der Waals surface area contributed by atoms with Gasteiger partial charge < -0.3 is 37.9 Å². The molecule has 3 unspecified atom stereocenters. The Morgan fingerprint density at radius 3 is 1.67 bits per heavy atom. The molecule has 2 aromatic rings. The summed E-state index contributed by atoms with van der Waals surface area (Å²) in [5, 5.41) is 0.853. The summed E-state index contributed by atoms with van der Waals surface area (Å²) in [5.41, 5.74) is 0. The van der Waals surface area contributed by atoms with Crippen LogP contribution in [-0.4, -0.2) is 124 Å². The third kappa shape index (κ3) is 7.77. The maximum Gasteiger partial charge on any atom is 0.303 e. The first-order valence-electron chi connectivity index (χ1n) is 13.4. The molecule has 0 aromatic carbocycles. The molecule has 0 radical (unpaired) electrons. The lowest BCUT2D eigenvalue weighted by Crippen LogP contribution is -2.36. The molecule has 4 saturated heterocycles. The Morgan fingerprint density at radius 2 is 1.21 bits per heavy atom. The number of carbonyl (C=O) groups is 2. The van der Waals surface area contributed by atoms with Gasteiger partial charge in [-0.05, 0) is 6.26 Å². The van der Waals surface area contributed by atoms with Crippen LogP contribution in [-0.2, 0) is 48.8 Å². The van der Waals surface area contributed by atoms with Gasteiger partial charge >= 0.3 is 11.9 Å². The van der Waals surface area contributed by atoms with Crippen LogP contribution in [0.2, 0.25) is 0 Å². The first-order valence-corrected chi connectivity index (χ1v) is 16.2. The van der Waals surface area contributed by atoms with E-state index >= 15 is 0 Å². The van der Waals surface area contributed by atoms with Crippen molar-refractivity contribution in [2.24, 2.45) is 0 Å². The van der Waals surface area contributed by atoms with E-state index in [-0.39, 0.29) is 66.4 Å². The largest absolute Gasteiger partial charge is 0.469 e. The van der Waals surface area contributed by atoms with Gasteiger partial charge in [0, 0.05) is 44.6 Å². The summed E-state index contributed by atoms with van der Waals surface area (Å²) in [5.74, 6) is 0.0999. The van der Waals surface area contributed by atoms with Gasteiger partial charge in [-0.25, -0.2) is 9.97 Å². The first kappa shape index (κ1) is 31.5. The number of aromatic nitrogens is 4. The number of hydrogen-bond donors (Lipinski definition) is 0. The number of fused-ring (bicyclic) bond motifs is 2. The fraction of sp³-hybridized carbons (Fsp3) is 0.615. The normalized spacial score (nSPS) is 31.3. The summed E-state index contributed by atoms with van der Waals surface area (Å²) in [6.45, 7) is 4.02. The van der Waals surface area contributed by atoms with Gasteiger partial charge in [0.2, 0.25) is 16.9 Å². The van der Waals surface area contributed by atoms with Gasteiger partial charge in [-0.3, -0.25) is 13.8 Å². The average Bonchev–Trinajstić information content (AvgIpc) is 3.75. The fourth-order valence-electron chi connectivity index (χ4n) is 5.02. The number of ether oxygens (including phenoxy) is 8. The van der Waals surface area contributed by atoms with Gasteiger partial charge in [0.1, 0.15) is 24.4 Å². The Kier molecular flexibility index (Phi) is 10.4. The summed E-state index contributed by atoms with van der Waals surface area (Å²) in [4.78, 5) is 38.5. The first-order chi connectivity index (χ1) is 20.7. The summed E-state index contributed by atoms with van der Waals surface area (Å²) >= 11 is 1.45. The van der Waals surface area contributed by atoms with Gasteiger partial charge in [0.25, 0.3) is 0 Å². The molecule has 15 nitrogen and oxygen atoms in total. The van der Waals surface area contributed by atoms with Crippen LogP contribution >= 0.6 is 11.8 Å². The highest BCUT2D eigenvalue weighted by Crippen LogP contribution is 2.32. The lowest BCUT2D eigenvalue weighted by Gasteiger charge is -2.17. The van der Waals surface area contributed by atoms with Gasteiger partial charge in [0.15, 0.2) is 29.6 Å². The molecule has 43 heavy (non-hydrogen) atoms. The third-order valence-electron chi connectivity index (χ3n) is 6.76. The summed E-state index contributed by atoms with van der Waals surface area (Å²) in [7, 11) is -1.28. The van der Waals surface area contributed by atoms with E-state index in [1.165, 1.54) is 38.1 Å². The van der Waals surface area contributed by atoms with Gasteiger partial charge in [-0.1, -0.05) is 11.8 Å². The van der Waals surface area contributed by atoms with Gasteiger partial charge in [0.05, 0.1) is 37.2 Å². The highest BCUT2D eigenvalue weighted by Gasteiger charge is 2.51. The van der Waals surface area contributed by atoms with Crippen LogP contribution in [0.25, 0.3) is 0 Å². The summed E-state index contributed by atoms with van der Waals surface area (Å²) in [6.07, 6.45) is 3.94. The Hall–Kier alpha value is -2.96. The molecule has 9 atom stereocenters. The van der Waals surface area contributed by atoms with E-state index in [4.69, 9.17) is 37.9 Å². The number of carbonyl (C=O) groups excluding carboxylic acids is 2. The minimum atomic E-state index is -1.28. The summed E-state index contributed by atoms with van der Waals surface area (Å²) < 4.78 is 55.9. The van der Waals surface area contributed by atoms with Crippen molar-refractivity contribution < 1.29 is 51.7 Å². The van der Waals surface area contributed by atoms with E-state index in [1.807, 2.05) is 6.26 Å². The monoisotopic (exact) mass is 640 g/mol. The van der Waals surface area contributed by atoms with Crippen LogP contribution in [0.3, 0.4) is 0 Å². The van der Waals surface area contributed by atoms with Crippen molar-refractivity contribution in [3.63, 3.8) is 0 Å². The van der Waals surface area contributed by atoms with Crippen molar-refractivity contribution in [3.8, 4) is 11.8 Å². The van der Waals surface area contributed by atoms with E-state index in [9.17, 15) is 13.8 Å². The van der Waals surface area contributed by atoms with Crippen molar-refractivity contribution in [3.05, 3.63) is 24.5 Å². The number of thioether (sulfide) groups is 1. The van der Waals surface area contributed by atoms with Crippen molar-refractivity contribution in [2.75, 3.05) is 38.9 Å². The third-order valence-corrected chi connectivity index (χ3v) is 8.03. The molecule has 4 aliphatic rings. The summed E-state index contributed by atoms with van der Waals surface area (Å²) in [6, 6.07) is 3.29. The topological polar surface area (TPSA) is 177 Å². The maximum absolute atomic E-state index is 11.4. The molecular formula is C26H32N4O11S2. The number of nitrogens with zero attached hydrogens (tertiary/aromatic N) is 4. The molecule has 0 saturated carbocycles. The number of rotatable bonds is 8. The molecule has 0 N–H and O–H groups in total. The molecule has 4 fully saturated rings. The zero-order chi connectivity index (χ0) is 30.5. The molecule has 4 aliphatic heterocycles. The van der Waals surface area contributed by atoms with Crippen molar-refractivity contribution in [1.29, 1.82) is 0 Å². The zero-order valence-corrected chi connectivity index (χ0v) is 25.5. The van der Waals surface area contributed by atoms with Crippen LogP contribution < -0.4 is 9.47 Å². The SMILES string of the molecule is CC(=O)O[C@H]1CO[C@@H]2C(Oc3ccnc(S(C)=O)n3)CO[C@H]12.CSc1nccc(OC2CO[C@@H]3[C@@H](OC(C)=O)CO[C@H]23)n1. The van der Waals surface area contributed by atoms with Crippen LogP contribution in [0.5, 0.6) is 11.8 Å². The van der Waals surface area contributed by atoms with E-state index in [0.717, 1.165) is 0 Å².